The summed E-state index contributed by atoms with van der Waals surface area (Å²) in [7, 11) is 0. The maximum absolute atomic E-state index is 8.89. The average Bonchev–Trinajstić information content (AvgIpc) is 2.93. The van der Waals surface area contributed by atoms with E-state index >= 15 is 0 Å². The van der Waals surface area contributed by atoms with E-state index in [4.69, 9.17) is 5.26 Å². The molecule has 1 atom stereocenters. The first kappa shape index (κ1) is 10.3. The summed E-state index contributed by atoms with van der Waals surface area (Å²) in [4.78, 5) is 4.55. The molecule has 2 heterocycles. The molecule has 0 amide bonds. The Kier molecular flexibility index (Phi) is 2.34. The molecule has 1 unspecified atom stereocenters. The number of rotatable bonds is 1. The van der Waals surface area contributed by atoms with Crippen molar-refractivity contribution in [1.29, 1.82) is 5.26 Å². The van der Waals surface area contributed by atoms with Gasteiger partial charge in [-0.25, -0.2) is 4.98 Å². The molecule has 4 heteroatoms. The zero-order chi connectivity index (χ0) is 11.8. The highest BCUT2D eigenvalue weighted by molar-refractivity contribution is 5.78. The molecular weight excluding hydrogens is 212 g/mol. The van der Waals surface area contributed by atoms with E-state index < -0.39 is 0 Å². The van der Waals surface area contributed by atoms with Crippen LogP contribution in [0.4, 0.5) is 0 Å². The van der Waals surface area contributed by atoms with Crippen LogP contribution in [-0.4, -0.2) is 22.6 Å². The number of nitrogens with one attached hydrogen (secondary N) is 1. The van der Waals surface area contributed by atoms with Crippen molar-refractivity contribution in [2.75, 3.05) is 13.1 Å². The first-order chi connectivity index (χ1) is 8.29. The summed E-state index contributed by atoms with van der Waals surface area (Å²) < 4.78 is 2.29. The van der Waals surface area contributed by atoms with Crippen molar-refractivity contribution in [3.05, 3.63) is 29.6 Å². The van der Waals surface area contributed by atoms with Gasteiger partial charge in [-0.15, -0.1) is 0 Å². The molecule has 0 bridgehead atoms. The van der Waals surface area contributed by atoms with Crippen LogP contribution >= 0.6 is 0 Å². The fraction of sp³-hybridized carbons (Fsp3) is 0.385. The van der Waals surface area contributed by atoms with Gasteiger partial charge in [0.25, 0.3) is 0 Å². The normalized spacial score (nSPS) is 19.6. The van der Waals surface area contributed by atoms with Crippen LogP contribution in [0.5, 0.6) is 0 Å². The summed E-state index contributed by atoms with van der Waals surface area (Å²) >= 11 is 0. The van der Waals surface area contributed by atoms with E-state index in [0.717, 1.165) is 36.4 Å². The molecule has 4 nitrogen and oxygen atoms in total. The molecule has 1 N–H and O–H groups in total. The molecule has 17 heavy (non-hydrogen) atoms. The van der Waals surface area contributed by atoms with Gasteiger partial charge in [0.1, 0.15) is 5.82 Å². The van der Waals surface area contributed by atoms with Crippen LogP contribution in [0.2, 0.25) is 0 Å². The molecule has 1 saturated heterocycles. The van der Waals surface area contributed by atoms with Gasteiger partial charge in [-0.2, -0.15) is 5.26 Å². The number of nitrogens with zero attached hydrogens (tertiary/aromatic N) is 3. The van der Waals surface area contributed by atoms with Crippen molar-refractivity contribution in [2.45, 2.75) is 19.4 Å². The summed E-state index contributed by atoms with van der Waals surface area (Å²) in [5, 5.41) is 12.3. The van der Waals surface area contributed by atoms with Crippen molar-refractivity contribution in [3.8, 4) is 6.07 Å². The molecular formula is C13H14N4. The Morgan fingerprint density at radius 3 is 3.12 bits per heavy atom. The number of aromatic nitrogens is 2. The van der Waals surface area contributed by atoms with Gasteiger partial charge < -0.3 is 9.88 Å². The van der Waals surface area contributed by atoms with Crippen molar-refractivity contribution in [1.82, 2.24) is 14.9 Å². The van der Waals surface area contributed by atoms with Gasteiger partial charge in [0.2, 0.25) is 0 Å². The maximum atomic E-state index is 8.89. The Bertz CT molecular complexity index is 600. The molecule has 0 radical (unpaired) electrons. The van der Waals surface area contributed by atoms with E-state index in [1.807, 2.05) is 25.1 Å². The Labute approximate surface area is 99.9 Å². The standard InChI is InChI=1S/C13H14N4/c1-9-16-12-6-10(7-14)2-3-13(12)17(9)11-4-5-15-8-11/h2-3,6,11,15H,4-5,8H2,1H3. The van der Waals surface area contributed by atoms with Crippen LogP contribution in [0.1, 0.15) is 23.9 Å². The average molecular weight is 226 g/mol. The number of imidazole rings is 1. The van der Waals surface area contributed by atoms with E-state index in [1.165, 1.54) is 0 Å². The number of fused-ring (bicyclic) bond motifs is 1. The predicted octanol–water partition coefficient (Wildman–Crippen LogP) is 1.75. The fourth-order valence-electron chi connectivity index (χ4n) is 2.61. The Hall–Kier alpha value is -1.86. The number of aryl methyl sites for hydroxylation is 1. The molecule has 86 valence electrons. The molecule has 1 aliphatic rings. The summed E-state index contributed by atoms with van der Waals surface area (Å²) in [5.74, 6) is 1.03. The van der Waals surface area contributed by atoms with E-state index in [-0.39, 0.29) is 0 Å². The minimum absolute atomic E-state index is 0.493. The third-order valence-corrected chi connectivity index (χ3v) is 3.39. The van der Waals surface area contributed by atoms with Gasteiger partial charge >= 0.3 is 0 Å². The monoisotopic (exact) mass is 226 g/mol. The fourth-order valence-corrected chi connectivity index (χ4v) is 2.61. The van der Waals surface area contributed by atoms with Gasteiger partial charge in [-0.1, -0.05) is 0 Å². The van der Waals surface area contributed by atoms with E-state index in [9.17, 15) is 0 Å². The van der Waals surface area contributed by atoms with E-state index in [1.54, 1.807) is 0 Å². The highest BCUT2D eigenvalue weighted by atomic mass is 15.1. The van der Waals surface area contributed by atoms with E-state index in [2.05, 4.69) is 20.9 Å². The largest absolute Gasteiger partial charge is 0.324 e. The van der Waals surface area contributed by atoms with Crippen molar-refractivity contribution in [3.63, 3.8) is 0 Å². The first-order valence-electron chi connectivity index (χ1n) is 5.89. The lowest BCUT2D eigenvalue weighted by molar-refractivity contribution is 0.548. The first-order valence-corrected chi connectivity index (χ1v) is 5.89. The van der Waals surface area contributed by atoms with Crippen molar-refractivity contribution >= 4 is 11.0 Å². The summed E-state index contributed by atoms with van der Waals surface area (Å²) in [6.07, 6.45) is 1.15. The summed E-state index contributed by atoms with van der Waals surface area (Å²) in [5.41, 5.74) is 2.73. The van der Waals surface area contributed by atoms with Crippen LogP contribution in [0.15, 0.2) is 18.2 Å². The van der Waals surface area contributed by atoms with Crippen LogP contribution in [0, 0.1) is 18.3 Å². The van der Waals surface area contributed by atoms with Crippen LogP contribution in [0.3, 0.4) is 0 Å². The summed E-state index contributed by atoms with van der Waals surface area (Å²) in [6, 6.07) is 8.38. The minimum atomic E-state index is 0.493. The van der Waals surface area contributed by atoms with Gasteiger partial charge in [0.15, 0.2) is 0 Å². The number of hydrogen-bond donors (Lipinski definition) is 1. The molecule has 3 rings (SSSR count). The second-order valence-electron chi connectivity index (χ2n) is 4.49. The van der Waals surface area contributed by atoms with Gasteiger partial charge in [0, 0.05) is 12.6 Å². The second kappa shape index (κ2) is 3.86. The maximum Gasteiger partial charge on any atom is 0.107 e. The van der Waals surface area contributed by atoms with Crippen molar-refractivity contribution < 1.29 is 0 Å². The topological polar surface area (TPSA) is 53.6 Å². The SMILES string of the molecule is Cc1nc2cc(C#N)ccc2n1C1CCNC1. The third-order valence-electron chi connectivity index (χ3n) is 3.39. The highest BCUT2D eigenvalue weighted by Crippen LogP contribution is 2.25. The lowest BCUT2D eigenvalue weighted by Crippen LogP contribution is -2.14. The van der Waals surface area contributed by atoms with Gasteiger partial charge in [-0.05, 0) is 38.1 Å². The van der Waals surface area contributed by atoms with Crippen LogP contribution in [-0.2, 0) is 0 Å². The van der Waals surface area contributed by atoms with Gasteiger partial charge in [-0.3, -0.25) is 0 Å². The predicted molar refractivity (Wildman–Crippen MR) is 65.7 cm³/mol. The number of benzene rings is 1. The summed E-state index contributed by atoms with van der Waals surface area (Å²) in [6.45, 7) is 4.11. The Morgan fingerprint density at radius 1 is 1.53 bits per heavy atom. The van der Waals surface area contributed by atoms with Crippen molar-refractivity contribution in [2.24, 2.45) is 0 Å². The molecule has 0 aliphatic carbocycles. The highest BCUT2D eigenvalue weighted by Gasteiger charge is 2.20. The second-order valence-corrected chi connectivity index (χ2v) is 4.49. The van der Waals surface area contributed by atoms with Crippen LogP contribution in [0.25, 0.3) is 11.0 Å². The Balaban J connectivity index is 2.18. The zero-order valence-electron chi connectivity index (χ0n) is 9.77. The molecule has 0 saturated carbocycles. The lowest BCUT2D eigenvalue weighted by Gasteiger charge is -2.13. The molecule has 1 aliphatic heterocycles. The quantitative estimate of drug-likeness (QED) is 0.806. The van der Waals surface area contributed by atoms with Crippen LogP contribution < -0.4 is 5.32 Å². The molecule has 1 aromatic carbocycles. The molecule has 2 aromatic rings. The lowest BCUT2D eigenvalue weighted by atomic mass is 10.2. The Morgan fingerprint density at radius 2 is 2.41 bits per heavy atom. The zero-order valence-corrected chi connectivity index (χ0v) is 9.77. The minimum Gasteiger partial charge on any atom is -0.324 e. The molecule has 1 aromatic heterocycles. The molecule has 0 spiro atoms. The number of nitriles is 1. The third kappa shape index (κ3) is 1.60. The van der Waals surface area contributed by atoms with E-state index in [0.29, 0.717) is 11.6 Å². The molecule has 1 fully saturated rings. The smallest absolute Gasteiger partial charge is 0.107 e. The number of hydrogen-bond acceptors (Lipinski definition) is 3. The van der Waals surface area contributed by atoms with Gasteiger partial charge in [0.05, 0.1) is 22.7 Å².